The molecule has 10 rings (SSSR count). The van der Waals surface area contributed by atoms with Crippen molar-refractivity contribution in [1.82, 2.24) is 0 Å². The minimum atomic E-state index is -0.110. The summed E-state index contributed by atoms with van der Waals surface area (Å²) in [6.45, 7) is 4.79. The normalized spacial score (nSPS) is 13.7. The van der Waals surface area contributed by atoms with Crippen LogP contribution in [0, 0.1) is 0 Å². The van der Waals surface area contributed by atoms with E-state index in [2.05, 4.69) is 159 Å². The topological polar surface area (TPSA) is 0 Å². The predicted octanol–water partition coefficient (Wildman–Crippen LogP) is 12.4. The molecular weight excluding hydrogens is 540 g/mol. The highest BCUT2D eigenvalue weighted by molar-refractivity contribution is 6.27. The Morgan fingerprint density at radius 2 is 0.889 bits per heavy atom. The first-order chi connectivity index (χ1) is 22.1. The van der Waals surface area contributed by atoms with Crippen molar-refractivity contribution in [2.45, 2.75) is 19.3 Å². The Morgan fingerprint density at radius 1 is 0.333 bits per heavy atom. The minimum Gasteiger partial charge on any atom is -0.0616 e. The molecule has 2 aliphatic carbocycles. The molecule has 0 aromatic heterocycles. The summed E-state index contributed by atoms with van der Waals surface area (Å²) >= 11 is 0. The third kappa shape index (κ3) is 3.37. The van der Waals surface area contributed by atoms with E-state index in [1.54, 1.807) is 0 Å². The first-order valence-corrected chi connectivity index (χ1v) is 15.9. The van der Waals surface area contributed by atoms with Gasteiger partial charge in [-0.1, -0.05) is 135 Å². The van der Waals surface area contributed by atoms with Crippen molar-refractivity contribution in [3.05, 3.63) is 157 Å². The van der Waals surface area contributed by atoms with Gasteiger partial charge in [-0.05, 0) is 123 Å². The molecule has 210 valence electrons. The summed E-state index contributed by atoms with van der Waals surface area (Å²) < 4.78 is 0. The summed E-state index contributed by atoms with van der Waals surface area (Å²) in [4.78, 5) is 0. The molecule has 8 aromatic carbocycles. The van der Waals surface area contributed by atoms with Gasteiger partial charge in [0.1, 0.15) is 0 Å². The van der Waals surface area contributed by atoms with E-state index in [0.717, 1.165) is 0 Å². The third-order valence-electron chi connectivity index (χ3n) is 10.6. The lowest BCUT2D eigenvalue weighted by Crippen LogP contribution is -2.15. The molecule has 8 aromatic rings. The fourth-order valence-corrected chi connectivity index (χ4v) is 8.32. The summed E-state index contributed by atoms with van der Waals surface area (Å²) in [5.41, 5.74) is 15.9. The second kappa shape index (κ2) is 8.80. The van der Waals surface area contributed by atoms with Crippen LogP contribution in [0.4, 0.5) is 0 Å². The largest absolute Gasteiger partial charge is 0.0616 e. The molecule has 2 aliphatic rings. The van der Waals surface area contributed by atoms with Crippen LogP contribution in [0.15, 0.2) is 146 Å². The van der Waals surface area contributed by atoms with E-state index in [1.165, 1.54) is 99.1 Å². The lowest BCUT2D eigenvalue weighted by atomic mass is 9.80. The maximum Gasteiger partial charge on any atom is 0.0159 e. The average molecular weight is 571 g/mol. The lowest BCUT2D eigenvalue weighted by Gasteiger charge is -2.23. The minimum absolute atomic E-state index is 0.110. The third-order valence-corrected chi connectivity index (χ3v) is 10.6. The number of benzene rings is 8. The van der Waals surface area contributed by atoms with Crippen molar-refractivity contribution in [2.75, 3.05) is 0 Å². The second-order valence-electron chi connectivity index (χ2n) is 13.3. The molecule has 0 bridgehead atoms. The summed E-state index contributed by atoms with van der Waals surface area (Å²) in [6.07, 6.45) is 0. The first-order valence-electron chi connectivity index (χ1n) is 15.9. The van der Waals surface area contributed by atoms with Crippen LogP contribution in [-0.2, 0) is 5.41 Å². The Balaban J connectivity index is 1.15. The highest BCUT2D eigenvalue weighted by Crippen LogP contribution is 2.54. The van der Waals surface area contributed by atoms with E-state index in [1.807, 2.05) is 0 Å². The van der Waals surface area contributed by atoms with Gasteiger partial charge < -0.3 is 0 Å². The highest BCUT2D eigenvalue weighted by Gasteiger charge is 2.36. The van der Waals surface area contributed by atoms with Crippen molar-refractivity contribution in [1.29, 1.82) is 0 Å². The summed E-state index contributed by atoms with van der Waals surface area (Å²) in [6, 6.07) is 54.6. The van der Waals surface area contributed by atoms with Gasteiger partial charge in [0.25, 0.3) is 0 Å². The number of rotatable bonds is 2. The molecule has 0 heteroatoms. The second-order valence-corrected chi connectivity index (χ2v) is 13.3. The van der Waals surface area contributed by atoms with Crippen LogP contribution in [0.1, 0.15) is 25.0 Å². The number of hydrogen-bond acceptors (Lipinski definition) is 0. The van der Waals surface area contributed by atoms with Crippen LogP contribution in [0.3, 0.4) is 0 Å². The van der Waals surface area contributed by atoms with E-state index in [9.17, 15) is 0 Å². The molecule has 0 N–H and O–H groups in total. The van der Waals surface area contributed by atoms with Gasteiger partial charge in [0.15, 0.2) is 0 Å². The van der Waals surface area contributed by atoms with Crippen LogP contribution in [0.25, 0.3) is 88.0 Å². The maximum absolute atomic E-state index is 2.48. The van der Waals surface area contributed by atoms with E-state index in [4.69, 9.17) is 0 Å². The Hall–Kier alpha value is -5.46. The van der Waals surface area contributed by atoms with Gasteiger partial charge in [-0.3, -0.25) is 0 Å². The van der Waals surface area contributed by atoms with Gasteiger partial charge >= 0.3 is 0 Å². The molecular formula is C45H30. The van der Waals surface area contributed by atoms with Gasteiger partial charge in [-0.2, -0.15) is 0 Å². The van der Waals surface area contributed by atoms with Gasteiger partial charge in [-0.25, -0.2) is 0 Å². The molecule has 0 saturated carbocycles. The molecule has 0 radical (unpaired) electrons. The monoisotopic (exact) mass is 570 g/mol. The van der Waals surface area contributed by atoms with Gasteiger partial charge in [0.05, 0.1) is 0 Å². The smallest absolute Gasteiger partial charge is 0.0159 e. The molecule has 0 nitrogen and oxygen atoms in total. The zero-order chi connectivity index (χ0) is 29.9. The summed E-state index contributed by atoms with van der Waals surface area (Å²) in [7, 11) is 0. The predicted molar refractivity (Wildman–Crippen MR) is 192 cm³/mol. The number of hydrogen-bond donors (Lipinski definition) is 0. The first kappa shape index (κ1) is 24.9. The van der Waals surface area contributed by atoms with Crippen LogP contribution < -0.4 is 0 Å². The molecule has 0 aliphatic heterocycles. The fourth-order valence-electron chi connectivity index (χ4n) is 8.32. The Bertz CT molecular complexity index is 2560. The van der Waals surface area contributed by atoms with Crippen molar-refractivity contribution in [3.8, 4) is 55.6 Å². The van der Waals surface area contributed by atoms with Crippen LogP contribution in [0.5, 0.6) is 0 Å². The van der Waals surface area contributed by atoms with Crippen molar-refractivity contribution in [2.24, 2.45) is 0 Å². The molecule has 0 heterocycles. The van der Waals surface area contributed by atoms with Crippen molar-refractivity contribution >= 4 is 32.3 Å². The molecule has 0 fully saturated rings. The average Bonchev–Trinajstić information content (AvgIpc) is 3.53. The van der Waals surface area contributed by atoms with Gasteiger partial charge in [0, 0.05) is 5.41 Å². The van der Waals surface area contributed by atoms with Crippen molar-refractivity contribution in [3.63, 3.8) is 0 Å². The summed E-state index contributed by atoms with van der Waals surface area (Å²) in [5.74, 6) is 0. The standard InChI is InChI=1S/C45H30/c1-45(2)41-25-30(29-16-15-27-9-3-4-10-28(27)23-29)17-19-37(41)38-20-18-32(26-42(38)45)34-21-22-39-35-13-7-8-14-36(35)40-24-31-11-5-6-12-33(31)43(34)44(39)40/h3-26H,1-2H3. The van der Waals surface area contributed by atoms with Crippen LogP contribution in [0.2, 0.25) is 0 Å². The quantitative estimate of drug-likeness (QED) is 0.181. The van der Waals surface area contributed by atoms with E-state index >= 15 is 0 Å². The lowest BCUT2D eigenvalue weighted by molar-refractivity contribution is 0.661. The molecule has 0 atom stereocenters. The molecule has 0 unspecified atom stereocenters. The highest BCUT2D eigenvalue weighted by atomic mass is 14.4. The maximum atomic E-state index is 2.48. The molecule has 0 saturated heterocycles. The van der Waals surface area contributed by atoms with Crippen molar-refractivity contribution < 1.29 is 0 Å². The fraction of sp³-hybridized carbons (Fsp3) is 0.0667. The van der Waals surface area contributed by atoms with E-state index in [-0.39, 0.29) is 5.41 Å². The van der Waals surface area contributed by atoms with Gasteiger partial charge in [0.2, 0.25) is 0 Å². The zero-order valence-electron chi connectivity index (χ0n) is 25.4. The SMILES string of the molecule is CC1(C)c2cc(-c3ccc4ccccc4c3)ccc2-c2ccc(-c3ccc4c5c(cc6ccccc6c35)-c3ccccc3-4)cc21. The zero-order valence-corrected chi connectivity index (χ0v) is 25.4. The van der Waals surface area contributed by atoms with Crippen LogP contribution >= 0.6 is 0 Å². The molecule has 0 amide bonds. The Morgan fingerprint density at radius 3 is 1.69 bits per heavy atom. The molecule has 45 heavy (non-hydrogen) atoms. The van der Waals surface area contributed by atoms with E-state index in [0.29, 0.717) is 0 Å². The van der Waals surface area contributed by atoms with E-state index < -0.39 is 0 Å². The molecule has 0 spiro atoms. The van der Waals surface area contributed by atoms with Crippen LogP contribution in [-0.4, -0.2) is 0 Å². The Kier molecular flexibility index (Phi) is 4.88. The summed E-state index contributed by atoms with van der Waals surface area (Å²) in [5, 5.41) is 7.93. The Labute approximate surface area is 263 Å². The number of fused-ring (bicyclic) bond motifs is 9. The van der Waals surface area contributed by atoms with Gasteiger partial charge in [-0.15, -0.1) is 0 Å².